The normalized spacial score (nSPS) is 12.0. The van der Waals surface area contributed by atoms with Gasteiger partial charge < -0.3 is 10.4 Å². The summed E-state index contributed by atoms with van der Waals surface area (Å²) < 4.78 is 26.5. The molecule has 0 aliphatic rings. The molecule has 0 fully saturated rings. The molecule has 1 aromatic rings. The minimum Gasteiger partial charge on any atom is -0.481 e. The van der Waals surface area contributed by atoms with Crippen molar-refractivity contribution in [1.29, 1.82) is 0 Å². The summed E-state index contributed by atoms with van der Waals surface area (Å²) in [7, 11) is 0. The highest BCUT2D eigenvalue weighted by Crippen LogP contribution is 2.14. The van der Waals surface area contributed by atoms with Crippen LogP contribution in [-0.2, 0) is 4.79 Å². The van der Waals surface area contributed by atoms with E-state index >= 15 is 0 Å². The third-order valence-corrected chi connectivity index (χ3v) is 3.01. The second kappa shape index (κ2) is 6.98. The highest BCUT2D eigenvalue weighted by Gasteiger charge is 2.15. The Labute approximate surface area is 115 Å². The number of carbonyl (C=O) groups is 2. The fraction of sp³-hybridized carbons (Fsp3) is 0.429. The molecule has 110 valence electrons. The number of carboxylic acids is 1. The number of carbonyl (C=O) groups excluding carboxylic acids is 1. The van der Waals surface area contributed by atoms with Crippen molar-refractivity contribution in [1.82, 2.24) is 5.32 Å². The molecule has 0 saturated heterocycles. The molecule has 1 aromatic carbocycles. The topological polar surface area (TPSA) is 66.4 Å². The van der Waals surface area contributed by atoms with E-state index in [9.17, 15) is 18.4 Å². The standard InChI is InChI=1S/C14H17F2NO3/c1-8(14(19)20)4-3-5-17-13(18)10-6-9(2)11(15)7-12(10)16/h6-8H,3-5H2,1-2H3,(H,17,18)(H,19,20). The first kappa shape index (κ1) is 16.1. The molecule has 2 N–H and O–H groups in total. The molecule has 1 rings (SSSR count). The predicted octanol–water partition coefficient (Wildman–Crippen LogP) is 2.50. The van der Waals surface area contributed by atoms with Crippen molar-refractivity contribution in [2.24, 2.45) is 5.92 Å². The first-order chi connectivity index (χ1) is 9.32. The molecule has 0 radical (unpaired) electrons. The molecule has 4 nitrogen and oxygen atoms in total. The van der Waals surface area contributed by atoms with E-state index in [1.807, 2.05) is 0 Å². The van der Waals surface area contributed by atoms with Gasteiger partial charge in [0, 0.05) is 12.6 Å². The molecule has 0 spiro atoms. The predicted molar refractivity (Wildman–Crippen MR) is 69.5 cm³/mol. The molecule has 0 aromatic heterocycles. The first-order valence-electron chi connectivity index (χ1n) is 6.29. The summed E-state index contributed by atoms with van der Waals surface area (Å²) in [5, 5.41) is 11.2. The Balaban J connectivity index is 2.52. The van der Waals surface area contributed by atoms with Crippen molar-refractivity contribution in [3.63, 3.8) is 0 Å². The van der Waals surface area contributed by atoms with Gasteiger partial charge in [-0.2, -0.15) is 0 Å². The van der Waals surface area contributed by atoms with E-state index in [-0.39, 0.29) is 17.7 Å². The van der Waals surface area contributed by atoms with E-state index in [0.29, 0.717) is 18.9 Å². The van der Waals surface area contributed by atoms with Crippen LogP contribution in [0.3, 0.4) is 0 Å². The van der Waals surface area contributed by atoms with Crippen molar-refractivity contribution in [3.8, 4) is 0 Å². The largest absolute Gasteiger partial charge is 0.481 e. The van der Waals surface area contributed by atoms with Gasteiger partial charge >= 0.3 is 5.97 Å². The summed E-state index contributed by atoms with van der Waals surface area (Å²) in [5.74, 6) is -3.62. The number of aliphatic carboxylic acids is 1. The third-order valence-electron chi connectivity index (χ3n) is 3.01. The summed E-state index contributed by atoms with van der Waals surface area (Å²) in [6.45, 7) is 3.26. The Morgan fingerprint density at radius 3 is 2.55 bits per heavy atom. The van der Waals surface area contributed by atoms with Crippen molar-refractivity contribution in [3.05, 3.63) is 34.9 Å². The Bertz CT molecular complexity index is 517. The lowest BCUT2D eigenvalue weighted by molar-refractivity contribution is -0.141. The lowest BCUT2D eigenvalue weighted by Crippen LogP contribution is -2.26. The van der Waals surface area contributed by atoms with Gasteiger partial charge in [0.05, 0.1) is 11.5 Å². The average molecular weight is 285 g/mol. The second-order valence-corrected chi connectivity index (χ2v) is 4.72. The van der Waals surface area contributed by atoms with Gasteiger partial charge in [-0.25, -0.2) is 8.78 Å². The fourth-order valence-corrected chi connectivity index (χ4v) is 1.66. The Morgan fingerprint density at radius 2 is 1.95 bits per heavy atom. The van der Waals surface area contributed by atoms with Crippen LogP contribution in [0.15, 0.2) is 12.1 Å². The van der Waals surface area contributed by atoms with Gasteiger partial charge in [-0.05, 0) is 31.4 Å². The molecule has 0 aliphatic carbocycles. The molecule has 0 aliphatic heterocycles. The van der Waals surface area contributed by atoms with Crippen LogP contribution < -0.4 is 5.32 Å². The maximum absolute atomic E-state index is 13.4. The van der Waals surface area contributed by atoms with Gasteiger partial charge in [0.1, 0.15) is 11.6 Å². The van der Waals surface area contributed by atoms with E-state index in [1.165, 1.54) is 6.92 Å². The van der Waals surface area contributed by atoms with E-state index in [1.54, 1.807) is 6.92 Å². The first-order valence-corrected chi connectivity index (χ1v) is 6.29. The third kappa shape index (κ3) is 4.29. The van der Waals surface area contributed by atoms with E-state index in [0.717, 1.165) is 6.07 Å². The molecule has 0 bridgehead atoms. The zero-order valence-corrected chi connectivity index (χ0v) is 11.4. The summed E-state index contributed by atoms with van der Waals surface area (Å²) in [6.07, 6.45) is 0.890. The fourth-order valence-electron chi connectivity index (χ4n) is 1.66. The van der Waals surface area contributed by atoms with Crippen LogP contribution in [0.5, 0.6) is 0 Å². The number of rotatable bonds is 6. The minimum atomic E-state index is -0.912. The van der Waals surface area contributed by atoms with Gasteiger partial charge in [-0.1, -0.05) is 6.92 Å². The van der Waals surface area contributed by atoms with Crippen LogP contribution in [0.1, 0.15) is 35.7 Å². The van der Waals surface area contributed by atoms with Gasteiger partial charge in [0.15, 0.2) is 0 Å². The molecular weight excluding hydrogens is 268 g/mol. The Hall–Kier alpha value is -1.98. The highest BCUT2D eigenvalue weighted by molar-refractivity contribution is 5.94. The number of hydrogen-bond donors (Lipinski definition) is 2. The van der Waals surface area contributed by atoms with E-state index < -0.39 is 29.4 Å². The zero-order chi connectivity index (χ0) is 15.3. The van der Waals surface area contributed by atoms with E-state index in [4.69, 9.17) is 5.11 Å². The molecule has 1 amide bonds. The van der Waals surface area contributed by atoms with Crippen LogP contribution >= 0.6 is 0 Å². The summed E-state index contributed by atoms with van der Waals surface area (Å²) in [6, 6.07) is 1.83. The lowest BCUT2D eigenvalue weighted by Gasteiger charge is -2.09. The SMILES string of the molecule is Cc1cc(C(=O)NCCCC(C)C(=O)O)c(F)cc1F. The number of hydrogen-bond acceptors (Lipinski definition) is 2. The number of amides is 1. The van der Waals surface area contributed by atoms with Crippen molar-refractivity contribution >= 4 is 11.9 Å². The molecule has 6 heteroatoms. The van der Waals surface area contributed by atoms with Crippen LogP contribution in [0.2, 0.25) is 0 Å². The zero-order valence-electron chi connectivity index (χ0n) is 11.4. The number of benzene rings is 1. The molecule has 0 heterocycles. The summed E-state index contributed by atoms with van der Waals surface area (Å²) >= 11 is 0. The van der Waals surface area contributed by atoms with Crippen molar-refractivity contribution < 1.29 is 23.5 Å². The average Bonchev–Trinajstić information content (AvgIpc) is 2.38. The van der Waals surface area contributed by atoms with Gasteiger partial charge in [0.25, 0.3) is 5.91 Å². The second-order valence-electron chi connectivity index (χ2n) is 4.72. The molecule has 0 saturated carbocycles. The summed E-state index contributed by atoms with van der Waals surface area (Å²) in [4.78, 5) is 22.3. The highest BCUT2D eigenvalue weighted by atomic mass is 19.1. The summed E-state index contributed by atoms with van der Waals surface area (Å²) in [5.41, 5.74) is -0.0220. The molecular formula is C14H17F2NO3. The molecule has 1 atom stereocenters. The lowest BCUT2D eigenvalue weighted by atomic mass is 10.1. The minimum absolute atomic E-state index is 0.191. The monoisotopic (exact) mass is 285 g/mol. The van der Waals surface area contributed by atoms with Gasteiger partial charge in [-0.15, -0.1) is 0 Å². The van der Waals surface area contributed by atoms with Crippen LogP contribution in [-0.4, -0.2) is 23.5 Å². The molecule has 1 unspecified atom stereocenters. The maximum Gasteiger partial charge on any atom is 0.306 e. The van der Waals surface area contributed by atoms with E-state index in [2.05, 4.69) is 5.32 Å². The van der Waals surface area contributed by atoms with Crippen molar-refractivity contribution in [2.75, 3.05) is 6.54 Å². The number of carboxylic acid groups (broad SMARTS) is 1. The van der Waals surface area contributed by atoms with Gasteiger partial charge in [-0.3, -0.25) is 9.59 Å². The molecule has 20 heavy (non-hydrogen) atoms. The number of nitrogens with one attached hydrogen (secondary N) is 1. The Morgan fingerprint density at radius 1 is 1.30 bits per heavy atom. The van der Waals surface area contributed by atoms with Crippen molar-refractivity contribution in [2.45, 2.75) is 26.7 Å². The Kier molecular flexibility index (Phi) is 5.61. The smallest absolute Gasteiger partial charge is 0.306 e. The number of aryl methyl sites for hydroxylation is 1. The van der Waals surface area contributed by atoms with Gasteiger partial charge in [0.2, 0.25) is 0 Å². The number of halogens is 2. The van der Waals surface area contributed by atoms with Crippen LogP contribution in [0.25, 0.3) is 0 Å². The van der Waals surface area contributed by atoms with Crippen LogP contribution in [0, 0.1) is 24.5 Å². The van der Waals surface area contributed by atoms with Crippen LogP contribution in [0.4, 0.5) is 8.78 Å². The quantitative estimate of drug-likeness (QED) is 0.789. The maximum atomic E-state index is 13.4.